The second kappa shape index (κ2) is 5.17. The normalized spacial score (nSPS) is 10.2. The van der Waals surface area contributed by atoms with E-state index in [-0.39, 0.29) is 17.0 Å². The van der Waals surface area contributed by atoms with Crippen molar-refractivity contribution >= 4 is 11.6 Å². The van der Waals surface area contributed by atoms with Crippen LogP contribution in [0.2, 0.25) is 0 Å². The summed E-state index contributed by atoms with van der Waals surface area (Å²) >= 11 is 0. The minimum absolute atomic E-state index is 0.142. The minimum Gasteiger partial charge on any atom is -0.505 e. The maximum Gasteiger partial charge on any atom is 0.255 e. The first-order chi connectivity index (χ1) is 8.68. The highest BCUT2D eigenvalue weighted by Gasteiger charge is 2.12. The number of hydrogen-bond donors (Lipinski definition) is 3. The number of benzene rings is 1. The van der Waals surface area contributed by atoms with Crippen molar-refractivity contribution in [2.45, 2.75) is 6.42 Å². The van der Waals surface area contributed by atoms with Gasteiger partial charge in [-0.3, -0.25) is 4.79 Å². The highest BCUT2D eigenvalue weighted by Crippen LogP contribution is 2.23. The molecule has 1 heterocycles. The summed E-state index contributed by atoms with van der Waals surface area (Å²) in [6, 6.07) is 4.62. The van der Waals surface area contributed by atoms with Gasteiger partial charge < -0.3 is 20.7 Å². The highest BCUT2D eigenvalue weighted by atomic mass is 16.5. The van der Waals surface area contributed by atoms with E-state index < -0.39 is 5.91 Å². The zero-order chi connectivity index (χ0) is 13.0. The third-order valence-corrected chi connectivity index (χ3v) is 2.35. The van der Waals surface area contributed by atoms with Crippen LogP contribution in [0.4, 0.5) is 5.69 Å². The standard InChI is InChI=1S/C11H12N4O3/c12-8-3-1-2-7(10(8)16)11(17)13-5-4-9-14-6-18-15-9/h1-3,6,16H,4-5,12H2,(H,13,17). The van der Waals surface area contributed by atoms with Crippen LogP contribution < -0.4 is 11.1 Å². The van der Waals surface area contributed by atoms with E-state index in [0.717, 1.165) is 0 Å². The molecule has 0 aliphatic carbocycles. The van der Waals surface area contributed by atoms with Crippen molar-refractivity contribution in [3.05, 3.63) is 36.0 Å². The molecular weight excluding hydrogens is 236 g/mol. The lowest BCUT2D eigenvalue weighted by Gasteiger charge is -2.07. The molecule has 0 saturated heterocycles. The van der Waals surface area contributed by atoms with Crippen LogP contribution in [0.5, 0.6) is 5.75 Å². The van der Waals surface area contributed by atoms with Crippen LogP contribution in [0.15, 0.2) is 29.1 Å². The fraction of sp³-hybridized carbons (Fsp3) is 0.182. The molecule has 0 atom stereocenters. The molecule has 7 nitrogen and oxygen atoms in total. The van der Waals surface area contributed by atoms with Gasteiger partial charge in [0, 0.05) is 13.0 Å². The number of nitrogens with one attached hydrogen (secondary N) is 1. The van der Waals surface area contributed by atoms with Gasteiger partial charge in [-0.05, 0) is 12.1 Å². The molecule has 0 fully saturated rings. The van der Waals surface area contributed by atoms with Gasteiger partial charge in [-0.2, -0.15) is 4.98 Å². The van der Waals surface area contributed by atoms with Gasteiger partial charge in [0.05, 0.1) is 11.3 Å². The average molecular weight is 248 g/mol. The molecule has 2 rings (SSSR count). The van der Waals surface area contributed by atoms with Gasteiger partial charge in [-0.15, -0.1) is 0 Å². The Hall–Kier alpha value is -2.57. The second-order valence-corrected chi connectivity index (χ2v) is 3.60. The van der Waals surface area contributed by atoms with Gasteiger partial charge in [-0.1, -0.05) is 11.2 Å². The van der Waals surface area contributed by atoms with Crippen LogP contribution in [0.1, 0.15) is 16.2 Å². The summed E-state index contributed by atoms with van der Waals surface area (Å²) in [5.74, 6) is -0.107. The number of hydrogen-bond acceptors (Lipinski definition) is 6. The summed E-state index contributed by atoms with van der Waals surface area (Å²) in [5, 5.41) is 15.9. The Morgan fingerprint density at radius 2 is 2.33 bits per heavy atom. The van der Waals surface area contributed by atoms with E-state index in [1.165, 1.54) is 18.5 Å². The fourth-order valence-electron chi connectivity index (χ4n) is 1.43. The zero-order valence-corrected chi connectivity index (χ0v) is 9.46. The van der Waals surface area contributed by atoms with Crippen molar-refractivity contribution in [2.75, 3.05) is 12.3 Å². The molecule has 7 heteroatoms. The molecule has 1 aromatic heterocycles. The maximum absolute atomic E-state index is 11.8. The Balaban J connectivity index is 1.93. The lowest BCUT2D eigenvalue weighted by molar-refractivity contribution is 0.0951. The Morgan fingerprint density at radius 1 is 1.50 bits per heavy atom. The zero-order valence-electron chi connectivity index (χ0n) is 9.46. The van der Waals surface area contributed by atoms with Gasteiger partial charge in [0.2, 0.25) is 6.39 Å². The first-order valence-electron chi connectivity index (χ1n) is 5.29. The van der Waals surface area contributed by atoms with Gasteiger partial charge in [0.15, 0.2) is 11.6 Å². The van der Waals surface area contributed by atoms with Crippen LogP contribution in [0, 0.1) is 0 Å². The van der Waals surface area contributed by atoms with Crippen molar-refractivity contribution in [1.82, 2.24) is 15.5 Å². The molecule has 0 radical (unpaired) electrons. The monoisotopic (exact) mass is 248 g/mol. The number of rotatable bonds is 4. The molecule has 1 aromatic carbocycles. The van der Waals surface area contributed by atoms with E-state index >= 15 is 0 Å². The molecule has 0 aliphatic rings. The average Bonchev–Trinajstić information content (AvgIpc) is 2.85. The summed E-state index contributed by atoms with van der Waals surface area (Å²) in [4.78, 5) is 15.6. The molecule has 0 unspecified atom stereocenters. The molecule has 0 bridgehead atoms. The first kappa shape index (κ1) is 11.9. The first-order valence-corrected chi connectivity index (χ1v) is 5.29. The summed E-state index contributed by atoms with van der Waals surface area (Å²) < 4.78 is 4.56. The number of aromatic hydroxyl groups is 1. The Morgan fingerprint density at radius 3 is 3.06 bits per heavy atom. The lowest BCUT2D eigenvalue weighted by Crippen LogP contribution is -2.26. The van der Waals surface area contributed by atoms with Gasteiger partial charge in [-0.25, -0.2) is 0 Å². The van der Waals surface area contributed by atoms with Gasteiger partial charge in [0.25, 0.3) is 5.91 Å². The molecule has 94 valence electrons. The minimum atomic E-state index is -0.400. The number of para-hydroxylation sites is 1. The number of nitrogens with zero attached hydrogens (tertiary/aromatic N) is 2. The van der Waals surface area contributed by atoms with Crippen molar-refractivity contribution in [1.29, 1.82) is 0 Å². The maximum atomic E-state index is 11.8. The van der Waals surface area contributed by atoms with E-state index in [4.69, 9.17) is 5.73 Å². The number of aromatic nitrogens is 2. The molecule has 18 heavy (non-hydrogen) atoms. The summed E-state index contributed by atoms with van der Waals surface area (Å²) in [7, 11) is 0. The molecule has 0 aliphatic heterocycles. The number of carbonyl (C=O) groups excluding carboxylic acids is 1. The predicted octanol–water partition coefficient (Wildman–Crippen LogP) is 0.330. The Bertz CT molecular complexity index is 539. The number of phenols is 1. The summed E-state index contributed by atoms with van der Waals surface area (Å²) in [5.41, 5.74) is 5.81. The summed E-state index contributed by atoms with van der Waals surface area (Å²) in [6.45, 7) is 0.340. The van der Waals surface area contributed by atoms with E-state index in [0.29, 0.717) is 18.8 Å². The van der Waals surface area contributed by atoms with E-state index in [2.05, 4.69) is 20.0 Å². The topological polar surface area (TPSA) is 114 Å². The number of anilines is 1. The predicted molar refractivity (Wildman–Crippen MR) is 62.9 cm³/mol. The van der Waals surface area contributed by atoms with Crippen LogP contribution >= 0.6 is 0 Å². The largest absolute Gasteiger partial charge is 0.505 e. The molecule has 0 saturated carbocycles. The van der Waals surface area contributed by atoms with Crippen LogP contribution in [0.25, 0.3) is 0 Å². The fourth-order valence-corrected chi connectivity index (χ4v) is 1.43. The molecule has 0 spiro atoms. The molecular formula is C11H12N4O3. The number of carbonyl (C=O) groups is 1. The van der Waals surface area contributed by atoms with E-state index in [9.17, 15) is 9.90 Å². The van der Waals surface area contributed by atoms with Crippen molar-refractivity contribution in [3.8, 4) is 5.75 Å². The Labute approximate surface area is 103 Å². The van der Waals surface area contributed by atoms with E-state index in [1.807, 2.05) is 0 Å². The van der Waals surface area contributed by atoms with Gasteiger partial charge in [0.1, 0.15) is 0 Å². The SMILES string of the molecule is Nc1cccc(C(=O)NCCc2ncon2)c1O. The van der Waals surface area contributed by atoms with Crippen LogP contribution in [-0.4, -0.2) is 27.7 Å². The molecule has 4 N–H and O–H groups in total. The number of nitrogen functional groups attached to an aromatic ring is 1. The highest BCUT2D eigenvalue weighted by molar-refractivity contribution is 5.98. The number of amides is 1. The third kappa shape index (κ3) is 2.57. The summed E-state index contributed by atoms with van der Waals surface area (Å²) in [6.07, 6.45) is 1.67. The quantitative estimate of drug-likeness (QED) is 0.530. The lowest BCUT2D eigenvalue weighted by atomic mass is 10.1. The number of nitrogens with two attached hydrogens (primary N) is 1. The smallest absolute Gasteiger partial charge is 0.255 e. The van der Waals surface area contributed by atoms with Crippen molar-refractivity contribution in [2.24, 2.45) is 0 Å². The van der Waals surface area contributed by atoms with Crippen molar-refractivity contribution < 1.29 is 14.4 Å². The molecule has 2 aromatic rings. The van der Waals surface area contributed by atoms with E-state index in [1.54, 1.807) is 6.07 Å². The van der Waals surface area contributed by atoms with Gasteiger partial charge >= 0.3 is 0 Å². The number of phenolic OH excluding ortho intramolecular Hbond substituents is 1. The van der Waals surface area contributed by atoms with Crippen LogP contribution in [0.3, 0.4) is 0 Å². The molecule has 1 amide bonds. The Kier molecular flexibility index (Phi) is 3.42. The third-order valence-electron chi connectivity index (χ3n) is 2.35. The van der Waals surface area contributed by atoms with Crippen LogP contribution in [-0.2, 0) is 6.42 Å². The second-order valence-electron chi connectivity index (χ2n) is 3.60. The van der Waals surface area contributed by atoms with Crippen molar-refractivity contribution in [3.63, 3.8) is 0 Å².